The zero-order valence-electron chi connectivity index (χ0n) is 9.43. The third-order valence-corrected chi connectivity index (χ3v) is 3.34. The summed E-state index contributed by atoms with van der Waals surface area (Å²) in [7, 11) is -0.651. The topological polar surface area (TPSA) is 75.7 Å². The van der Waals surface area contributed by atoms with Crippen molar-refractivity contribution in [1.82, 2.24) is 0 Å². The molecular formula is C10H22BNO3. The van der Waals surface area contributed by atoms with E-state index in [2.05, 4.69) is 0 Å². The van der Waals surface area contributed by atoms with Gasteiger partial charge in [0.1, 0.15) is 0 Å². The van der Waals surface area contributed by atoms with Gasteiger partial charge in [-0.3, -0.25) is 0 Å². The molecule has 0 saturated carbocycles. The summed E-state index contributed by atoms with van der Waals surface area (Å²) >= 11 is 0. The van der Waals surface area contributed by atoms with Crippen LogP contribution in [0.3, 0.4) is 0 Å². The van der Waals surface area contributed by atoms with Crippen molar-refractivity contribution in [2.45, 2.75) is 44.5 Å². The molecule has 0 aromatic rings. The number of rotatable bonds is 6. The molecule has 0 bridgehead atoms. The van der Waals surface area contributed by atoms with Gasteiger partial charge < -0.3 is 20.5 Å². The molecule has 88 valence electrons. The maximum atomic E-state index is 9.55. The van der Waals surface area contributed by atoms with Crippen molar-refractivity contribution >= 4 is 7.12 Å². The lowest BCUT2D eigenvalue weighted by Gasteiger charge is -2.19. The molecule has 0 radical (unpaired) electrons. The summed E-state index contributed by atoms with van der Waals surface area (Å²) < 4.78 is 5.37. The predicted octanol–water partition coefficient (Wildman–Crippen LogP) is 0.383. The van der Waals surface area contributed by atoms with Gasteiger partial charge in [-0.15, -0.1) is 0 Å². The average molecular weight is 215 g/mol. The first kappa shape index (κ1) is 13.0. The highest BCUT2D eigenvalue weighted by Crippen LogP contribution is 2.36. The van der Waals surface area contributed by atoms with Crippen LogP contribution in [0.25, 0.3) is 0 Å². The molecule has 3 atom stereocenters. The van der Waals surface area contributed by atoms with E-state index in [0.29, 0.717) is 12.5 Å². The molecule has 1 saturated heterocycles. The molecule has 0 aliphatic carbocycles. The van der Waals surface area contributed by atoms with Gasteiger partial charge in [0.25, 0.3) is 0 Å². The molecule has 0 amide bonds. The number of aliphatic hydroxyl groups is 1. The van der Waals surface area contributed by atoms with Crippen LogP contribution in [-0.4, -0.2) is 36.5 Å². The maximum Gasteiger partial charge on any atom is 0.457 e. The highest BCUT2D eigenvalue weighted by molar-refractivity contribution is 6.45. The lowest BCUT2D eigenvalue weighted by molar-refractivity contribution is 0.161. The van der Waals surface area contributed by atoms with Crippen molar-refractivity contribution in [3.8, 4) is 0 Å². The molecule has 1 fully saturated rings. The predicted molar refractivity (Wildman–Crippen MR) is 60.4 cm³/mol. The summed E-state index contributed by atoms with van der Waals surface area (Å²) in [5, 5.41) is 18.2. The zero-order chi connectivity index (χ0) is 11.3. The molecule has 3 unspecified atom stereocenters. The van der Waals surface area contributed by atoms with Crippen molar-refractivity contribution in [3.63, 3.8) is 0 Å². The second-order valence-electron chi connectivity index (χ2n) is 4.40. The monoisotopic (exact) mass is 215 g/mol. The van der Waals surface area contributed by atoms with E-state index in [1.165, 1.54) is 0 Å². The van der Waals surface area contributed by atoms with E-state index in [1.807, 2.05) is 6.92 Å². The Labute approximate surface area is 92.0 Å². The molecule has 0 aromatic carbocycles. The quantitative estimate of drug-likeness (QED) is 0.442. The lowest BCUT2D eigenvalue weighted by Crippen LogP contribution is -2.27. The lowest BCUT2D eigenvalue weighted by atomic mass is 9.68. The van der Waals surface area contributed by atoms with Gasteiger partial charge in [-0.25, -0.2) is 0 Å². The Morgan fingerprint density at radius 1 is 1.33 bits per heavy atom. The first-order chi connectivity index (χ1) is 7.20. The van der Waals surface area contributed by atoms with Gasteiger partial charge in [0.15, 0.2) is 0 Å². The molecule has 1 aliphatic rings. The fourth-order valence-electron chi connectivity index (χ4n) is 2.30. The summed E-state index contributed by atoms with van der Waals surface area (Å²) in [6.07, 6.45) is 4.00. The van der Waals surface area contributed by atoms with E-state index in [1.54, 1.807) is 0 Å². The molecule has 4 N–H and O–H groups in total. The zero-order valence-corrected chi connectivity index (χ0v) is 9.43. The van der Waals surface area contributed by atoms with Gasteiger partial charge in [-0.05, 0) is 24.6 Å². The van der Waals surface area contributed by atoms with Gasteiger partial charge in [-0.2, -0.15) is 0 Å². The molecule has 0 spiro atoms. The summed E-state index contributed by atoms with van der Waals surface area (Å²) in [4.78, 5) is 0. The standard InChI is InChI=1S/C10H22BNO3/c1-8-9(5-3-2-4-6-13)10(7-12)15-11(8)14/h8-10,13-14H,2-7,12H2,1H3. The van der Waals surface area contributed by atoms with E-state index in [0.717, 1.165) is 25.7 Å². The highest BCUT2D eigenvalue weighted by atomic mass is 16.5. The van der Waals surface area contributed by atoms with Gasteiger partial charge >= 0.3 is 7.12 Å². The van der Waals surface area contributed by atoms with E-state index in [-0.39, 0.29) is 18.5 Å². The normalized spacial score (nSPS) is 31.2. The van der Waals surface area contributed by atoms with E-state index >= 15 is 0 Å². The first-order valence-electron chi connectivity index (χ1n) is 5.85. The fourth-order valence-corrected chi connectivity index (χ4v) is 2.30. The largest absolute Gasteiger partial charge is 0.457 e. The summed E-state index contributed by atoms with van der Waals surface area (Å²) in [6, 6.07) is 0. The Morgan fingerprint density at radius 2 is 2.07 bits per heavy atom. The number of nitrogens with two attached hydrogens (primary N) is 1. The highest BCUT2D eigenvalue weighted by Gasteiger charge is 2.43. The van der Waals surface area contributed by atoms with Crippen LogP contribution < -0.4 is 5.73 Å². The first-order valence-corrected chi connectivity index (χ1v) is 5.85. The Hall–Kier alpha value is -0.0951. The van der Waals surface area contributed by atoms with Crippen LogP contribution in [0.2, 0.25) is 5.82 Å². The average Bonchev–Trinajstić information content (AvgIpc) is 2.51. The SMILES string of the molecule is CC1B(O)OC(CN)C1CCCCCO. The fraction of sp³-hybridized carbons (Fsp3) is 1.00. The summed E-state index contributed by atoms with van der Waals surface area (Å²) in [6.45, 7) is 2.75. The van der Waals surface area contributed by atoms with Crippen molar-refractivity contribution in [1.29, 1.82) is 0 Å². The van der Waals surface area contributed by atoms with Crippen LogP contribution >= 0.6 is 0 Å². The van der Waals surface area contributed by atoms with Crippen LogP contribution in [0.5, 0.6) is 0 Å². The molecule has 0 aromatic heterocycles. The van der Waals surface area contributed by atoms with Gasteiger partial charge in [0, 0.05) is 13.2 Å². The van der Waals surface area contributed by atoms with Crippen LogP contribution in [0.15, 0.2) is 0 Å². The molecule has 1 rings (SSSR count). The van der Waals surface area contributed by atoms with Crippen LogP contribution in [0.1, 0.15) is 32.6 Å². The van der Waals surface area contributed by atoms with Crippen LogP contribution in [0.4, 0.5) is 0 Å². The molecule has 15 heavy (non-hydrogen) atoms. The smallest absolute Gasteiger partial charge is 0.427 e. The van der Waals surface area contributed by atoms with Gasteiger partial charge in [-0.1, -0.05) is 19.8 Å². The minimum Gasteiger partial charge on any atom is -0.427 e. The number of unbranched alkanes of at least 4 members (excludes halogenated alkanes) is 2. The molecular weight excluding hydrogens is 193 g/mol. The van der Waals surface area contributed by atoms with Crippen LogP contribution in [0, 0.1) is 5.92 Å². The van der Waals surface area contributed by atoms with Crippen molar-refractivity contribution in [3.05, 3.63) is 0 Å². The van der Waals surface area contributed by atoms with Gasteiger partial charge in [0.05, 0.1) is 6.10 Å². The summed E-state index contributed by atoms with van der Waals surface area (Å²) in [5.74, 6) is 0.538. The Morgan fingerprint density at radius 3 is 2.67 bits per heavy atom. The second kappa shape index (κ2) is 6.48. The van der Waals surface area contributed by atoms with Crippen molar-refractivity contribution in [2.24, 2.45) is 11.7 Å². The second-order valence-corrected chi connectivity index (χ2v) is 4.40. The Bertz CT molecular complexity index is 182. The number of hydrogen-bond donors (Lipinski definition) is 3. The van der Waals surface area contributed by atoms with E-state index < -0.39 is 7.12 Å². The molecule has 4 nitrogen and oxygen atoms in total. The minimum atomic E-state index is -0.651. The van der Waals surface area contributed by atoms with Crippen LogP contribution in [-0.2, 0) is 4.65 Å². The Balaban J connectivity index is 2.30. The van der Waals surface area contributed by atoms with E-state index in [9.17, 15) is 5.02 Å². The van der Waals surface area contributed by atoms with Crippen molar-refractivity contribution < 1.29 is 14.8 Å². The maximum absolute atomic E-state index is 9.55. The van der Waals surface area contributed by atoms with Crippen molar-refractivity contribution in [2.75, 3.05) is 13.2 Å². The molecule has 1 heterocycles. The molecule has 5 heteroatoms. The third kappa shape index (κ3) is 3.45. The number of hydrogen-bond acceptors (Lipinski definition) is 4. The minimum absolute atomic E-state index is 0.00382. The molecule has 1 aliphatic heterocycles. The number of aliphatic hydroxyl groups excluding tert-OH is 1. The Kier molecular flexibility index (Phi) is 5.60. The summed E-state index contributed by atoms with van der Waals surface area (Å²) in [5.41, 5.74) is 5.60. The van der Waals surface area contributed by atoms with E-state index in [4.69, 9.17) is 15.5 Å². The van der Waals surface area contributed by atoms with Gasteiger partial charge in [0.2, 0.25) is 0 Å². The third-order valence-electron chi connectivity index (χ3n) is 3.34.